The van der Waals surface area contributed by atoms with Crippen LogP contribution in [0.1, 0.15) is 16.7 Å². The number of thioether (sulfide) groups is 1. The zero-order valence-electron chi connectivity index (χ0n) is 15.7. The normalized spacial score (nSPS) is 14.1. The van der Waals surface area contributed by atoms with Crippen LogP contribution in [0, 0.1) is 13.8 Å². The monoisotopic (exact) mass is 385 g/mol. The third kappa shape index (κ3) is 3.27. The van der Waals surface area contributed by atoms with Crippen molar-refractivity contribution in [1.29, 1.82) is 0 Å². The lowest BCUT2D eigenvalue weighted by Gasteiger charge is -2.17. The SMILES string of the molecule is Cc1ccc(C2=C(Sc3ccccc3)C(=O)N(c3ccccc3C)C2=O)cc1. The second-order valence-corrected chi connectivity index (χ2v) is 7.80. The predicted octanol–water partition coefficient (Wildman–Crippen LogP) is 5.38. The van der Waals surface area contributed by atoms with Gasteiger partial charge >= 0.3 is 0 Å². The molecule has 1 heterocycles. The Hall–Kier alpha value is -3.11. The van der Waals surface area contributed by atoms with Gasteiger partial charge in [-0.15, -0.1) is 0 Å². The number of nitrogens with zero attached hydrogens (tertiary/aromatic N) is 1. The van der Waals surface area contributed by atoms with Crippen molar-refractivity contribution in [2.24, 2.45) is 0 Å². The molecule has 3 aromatic rings. The molecule has 0 N–H and O–H groups in total. The first kappa shape index (κ1) is 18.3. The molecule has 28 heavy (non-hydrogen) atoms. The van der Waals surface area contributed by atoms with E-state index in [-0.39, 0.29) is 11.8 Å². The molecule has 1 aliphatic rings. The molecule has 3 aromatic carbocycles. The van der Waals surface area contributed by atoms with Gasteiger partial charge < -0.3 is 0 Å². The van der Waals surface area contributed by atoms with Gasteiger partial charge in [-0.1, -0.05) is 78.0 Å². The highest BCUT2D eigenvalue weighted by Crippen LogP contribution is 2.41. The molecule has 0 atom stereocenters. The highest BCUT2D eigenvalue weighted by molar-refractivity contribution is 8.04. The molecule has 2 amide bonds. The van der Waals surface area contributed by atoms with Crippen molar-refractivity contribution >= 4 is 34.8 Å². The zero-order chi connectivity index (χ0) is 19.7. The second kappa shape index (κ2) is 7.49. The number of amides is 2. The van der Waals surface area contributed by atoms with E-state index in [2.05, 4.69) is 0 Å². The van der Waals surface area contributed by atoms with Crippen molar-refractivity contribution < 1.29 is 9.59 Å². The maximum absolute atomic E-state index is 13.4. The Morgan fingerprint density at radius 1 is 0.714 bits per heavy atom. The van der Waals surface area contributed by atoms with Crippen molar-refractivity contribution in [2.75, 3.05) is 4.90 Å². The maximum Gasteiger partial charge on any atom is 0.272 e. The fourth-order valence-corrected chi connectivity index (χ4v) is 4.23. The molecule has 0 radical (unpaired) electrons. The summed E-state index contributed by atoms with van der Waals surface area (Å²) in [7, 11) is 0. The summed E-state index contributed by atoms with van der Waals surface area (Å²) in [5.74, 6) is -0.551. The summed E-state index contributed by atoms with van der Waals surface area (Å²) >= 11 is 1.34. The summed E-state index contributed by atoms with van der Waals surface area (Å²) in [4.78, 5) is 29.4. The van der Waals surface area contributed by atoms with Gasteiger partial charge in [0.1, 0.15) is 0 Å². The summed E-state index contributed by atoms with van der Waals surface area (Å²) in [5.41, 5.74) is 3.85. The maximum atomic E-state index is 13.4. The van der Waals surface area contributed by atoms with Gasteiger partial charge in [-0.05, 0) is 43.2 Å². The number of hydrogen-bond acceptors (Lipinski definition) is 3. The average Bonchev–Trinajstić information content (AvgIpc) is 2.94. The average molecular weight is 385 g/mol. The summed E-state index contributed by atoms with van der Waals surface area (Å²) in [5, 5.41) is 0. The number of imide groups is 1. The van der Waals surface area contributed by atoms with Crippen molar-refractivity contribution in [3.05, 3.63) is 100 Å². The van der Waals surface area contributed by atoms with E-state index in [9.17, 15) is 9.59 Å². The number of carbonyl (C=O) groups excluding carboxylic acids is 2. The Morgan fingerprint density at radius 3 is 2.04 bits per heavy atom. The Kier molecular flexibility index (Phi) is 4.88. The van der Waals surface area contributed by atoms with Crippen LogP contribution in [0.3, 0.4) is 0 Å². The molecule has 0 unspecified atom stereocenters. The predicted molar refractivity (Wildman–Crippen MR) is 114 cm³/mol. The molecule has 0 saturated heterocycles. The van der Waals surface area contributed by atoms with Crippen LogP contribution in [-0.4, -0.2) is 11.8 Å². The van der Waals surface area contributed by atoms with Gasteiger partial charge in [-0.25, -0.2) is 4.90 Å². The van der Waals surface area contributed by atoms with Crippen molar-refractivity contribution in [3.8, 4) is 0 Å². The molecular weight excluding hydrogens is 366 g/mol. The van der Waals surface area contributed by atoms with Gasteiger partial charge in [0.2, 0.25) is 0 Å². The molecule has 4 heteroatoms. The van der Waals surface area contributed by atoms with E-state index in [1.807, 2.05) is 92.7 Å². The Bertz CT molecular complexity index is 1090. The first-order chi connectivity index (χ1) is 13.6. The standard InChI is InChI=1S/C24H19NO2S/c1-16-12-14-18(15-13-16)21-22(28-19-9-4-3-5-10-19)24(27)25(23(21)26)20-11-7-6-8-17(20)2/h3-15H,1-2H3. The highest BCUT2D eigenvalue weighted by Gasteiger charge is 2.40. The number of rotatable bonds is 4. The lowest BCUT2D eigenvalue weighted by atomic mass is 10.0. The minimum Gasteiger partial charge on any atom is -0.268 e. The molecule has 0 bridgehead atoms. The second-order valence-electron chi connectivity index (χ2n) is 6.72. The van der Waals surface area contributed by atoms with Crippen LogP contribution in [0.5, 0.6) is 0 Å². The van der Waals surface area contributed by atoms with E-state index >= 15 is 0 Å². The molecule has 0 fully saturated rings. The van der Waals surface area contributed by atoms with Crippen LogP contribution in [0.25, 0.3) is 5.57 Å². The minimum atomic E-state index is -0.276. The van der Waals surface area contributed by atoms with Crippen LogP contribution >= 0.6 is 11.8 Å². The van der Waals surface area contributed by atoms with E-state index in [0.717, 1.165) is 21.6 Å². The summed E-state index contributed by atoms with van der Waals surface area (Å²) in [6.07, 6.45) is 0. The third-order valence-electron chi connectivity index (χ3n) is 4.70. The Balaban J connectivity index is 1.84. The summed E-state index contributed by atoms with van der Waals surface area (Å²) in [6.45, 7) is 3.91. The van der Waals surface area contributed by atoms with Gasteiger partial charge in [0, 0.05) is 4.90 Å². The van der Waals surface area contributed by atoms with Crippen LogP contribution < -0.4 is 4.90 Å². The van der Waals surface area contributed by atoms with Gasteiger partial charge in [0.25, 0.3) is 11.8 Å². The molecule has 3 nitrogen and oxygen atoms in total. The quantitative estimate of drug-likeness (QED) is 0.566. The lowest BCUT2D eigenvalue weighted by molar-refractivity contribution is -0.119. The van der Waals surface area contributed by atoms with E-state index in [0.29, 0.717) is 16.2 Å². The summed E-state index contributed by atoms with van der Waals surface area (Å²) < 4.78 is 0. The van der Waals surface area contributed by atoms with Crippen molar-refractivity contribution in [3.63, 3.8) is 0 Å². The largest absolute Gasteiger partial charge is 0.272 e. The van der Waals surface area contributed by atoms with E-state index < -0.39 is 0 Å². The number of benzene rings is 3. The van der Waals surface area contributed by atoms with Crippen LogP contribution in [0.4, 0.5) is 5.69 Å². The van der Waals surface area contributed by atoms with E-state index in [4.69, 9.17) is 0 Å². The smallest absolute Gasteiger partial charge is 0.268 e. The lowest BCUT2D eigenvalue weighted by Crippen LogP contribution is -2.31. The van der Waals surface area contributed by atoms with Crippen molar-refractivity contribution in [2.45, 2.75) is 18.7 Å². The molecule has 0 saturated carbocycles. The van der Waals surface area contributed by atoms with Gasteiger partial charge in [-0.3, -0.25) is 9.59 Å². The number of para-hydroxylation sites is 1. The number of aryl methyl sites for hydroxylation is 2. The molecule has 0 aromatic heterocycles. The van der Waals surface area contributed by atoms with Crippen molar-refractivity contribution in [1.82, 2.24) is 0 Å². The first-order valence-electron chi connectivity index (χ1n) is 9.05. The van der Waals surface area contributed by atoms with Gasteiger partial charge in [0.15, 0.2) is 0 Å². The fourth-order valence-electron chi connectivity index (χ4n) is 3.22. The van der Waals surface area contributed by atoms with E-state index in [1.54, 1.807) is 0 Å². The van der Waals surface area contributed by atoms with Crippen LogP contribution in [0.2, 0.25) is 0 Å². The number of hydrogen-bond donors (Lipinski definition) is 0. The number of carbonyl (C=O) groups is 2. The third-order valence-corrected chi connectivity index (χ3v) is 5.79. The molecule has 0 aliphatic carbocycles. The first-order valence-corrected chi connectivity index (χ1v) is 9.86. The van der Waals surface area contributed by atoms with Gasteiger partial charge in [-0.2, -0.15) is 0 Å². The zero-order valence-corrected chi connectivity index (χ0v) is 16.5. The van der Waals surface area contributed by atoms with Crippen LogP contribution in [0.15, 0.2) is 88.7 Å². The molecule has 4 rings (SSSR count). The topological polar surface area (TPSA) is 37.4 Å². The summed E-state index contributed by atoms with van der Waals surface area (Å²) in [6, 6.07) is 24.9. The van der Waals surface area contributed by atoms with Gasteiger partial charge in [0.05, 0.1) is 16.2 Å². The molecular formula is C24H19NO2S. The fraction of sp³-hybridized carbons (Fsp3) is 0.0833. The van der Waals surface area contributed by atoms with Crippen LogP contribution in [-0.2, 0) is 9.59 Å². The highest BCUT2D eigenvalue weighted by atomic mass is 32.2. The Morgan fingerprint density at radius 2 is 1.36 bits per heavy atom. The van der Waals surface area contributed by atoms with E-state index in [1.165, 1.54) is 16.7 Å². The molecule has 0 spiro atoms. The molecule has 138 valence electrons. The number of anilines is 1. The molecule has 1 aliphatic heterocycles. The Labute approximate surface area is 168 Å². The minimum absolute atomic E-state index is 0.274.